The standard InChI is InChI=1S/C24H25N7/c1-15(17-6-7-26-24(10-17)31-13-21(25)14-31)29-23-9-20-8-18(4-5-19(20)11-27-23)22-12-28-30(3)16(22)2/h4-12,21H,1,13-14,25H2,2-3H3,(H,27,29). The SMILES string of the molecule is C=C(Nc1cc2cc(-c3cnn(C)c3C)ccc2cn1)c1ccnc(N2CC(N)C2)c1. The predicted octanol–water partition coefficient (Wildman–Crippen LogP) is 3.57. The number of pyridine rings is 2. The lowest BCUT2D eigenvalue weighted by Crippen LogP contribution is -2.56. The van der Waals surface area contributed by atoms with Gasteiger partial charge in [0.15, 0.2) is 0 Å². The number of aryl methyl sites for hydroxylation is 1. The van der Waals surface area contributed by atoms with Gasteiger partial charge in [-0.3, -0.25) is 4.68 Å². The van der Waals surface area contributed by atoms with Crippen molar-refractivity contribution >= 4 is 28.1 Å². The van der Waals surface area contributed by atoms with Gasteiger partial charge in [0, 0.05) is 66.5 Å². The van der Waals surface area contributed by atoms with Crippen LogP contribution in [0.2, 0.25) is 0 Å². The average Bonchev–Trinajstić information content (AvgIpc) is 3.09. The molecule has 0 bridgehead atoms. The first-order valence-corrected chi connectivity index (χ1v) is 10.3. The van der Waals surface area contributed by atoms with Crippen LogP contribution in [0.5, 0.6) is 0 Å². The Morgan fingerprint density at radius 1 is 1.10 bits per heavy atom. The zero-order valence-corrected chi connectivity index (χ0v) is 17.7. The summed E-state index contributed by atoms with van der Waals surface area (Å²) in [5.41, 5.74) is 11.1. The van der Waals surface area contributed by atoms with Gasteiger partial charge in [0.25, 0.3) is 0 Å². The largest absolute Gasteiger partial charge is 0.353 e. The minimum Gasteiger partial charge on any atom is -0.353 e. The van der Waals surface area contributed by atoms with Gasteiger partial charge in [0.05, 0.1) is 6.20 Å². The van der Waals surface area contributed by atoms with Crippen molar-refractivity contribution in [2.45, 2.75) is 13.0 Å². The molecule has 156 valence electrons. The molecule has 0 aliphatic carbocycles. The Hall–Kier alpha value is -3.71. The second-order valence-corrected chi connectivity index (χ2v) is 8.07. The molecule has 0 atom stereocenters. The Labute approximate surface area is 181 Å². The molecule has 1 aliphatic heterocycles. The highest BCUT2D eigenvalue weighted by atomic mass is 15.3. The monoisotopic (exact) mass is 411 g/mol. The van der Waals surface area contributed by atoms with E-state index in [4.69, 9.17) is 5.73 Å². The lowest BCUT2D eigenvalue weighted by molar-refractivity contribution is 0.514. The highest BCUT2D eigenvalue weighted by Crippen LogP contribution is 2.28. The van der Waals surface area contributed by atoms with Gasteiger partial charge in [0.2, 0.25) is 0 Å². The minimum absolute atomic E-state index is 0.230. The minimum atomic E-state index is 0.230. The first kappa shape index (κ1) is 19.3. The highest BCUT2D eigenvalue weighted by Gasteiger charge is 2.24. The summed E-state index contributed by atoms with van der Waals surface area (Å²) in [4.78, 5) is 11.2. The first-order chi connectivity index (χ1) is 15.0. The van der Waals surface area contributed by atoms with Crippen LogP contribution >= 0.6 is 0 Å². The van der Waals surface area contributed by atoms with Crippen molar-refractivity contribution in [1.29, 1.82) is 0 Å². The third kappa shape index (κ3) is 3.64. The molecule has 5 rings (SSSR count). The number of nitrogens with two attached hydrogens (primary N) is 1. The van der Waals surface area contributed by atoms with Gasteiger partial charge in [-0.15, -0.1) is 0 Å². The summed E-state index contributed by atoms with van der Waals surface area (Å²) in [5, 5.41) is 9.90. The Balaban J connectivity index is 1.39. The van der Waals surface area contributed by atoms with E-state index in [1.807, 2.05) is 42.3 Å². The molecule has 4 aromatic rings. The lowest BCUT2D eigenvalue weighted by atomic mass is 10.0. The van der Waals surface area contributed by atoms with E-state index < -0.39 is 0 Å². The number of fused-ring (bicyclic) bond motifs is 1. The van der Waals surface area contributed by atoms with Crippen molar-refractivity contribution < 1.29 is 0 Å². The molecule has 31 heavy (non-hydrogen) atoms. The van der Waals surface area contributed by atoms with Crippen LogP contribution in [0.1, 0.15) is 11.3 Å². The van der Waals surface area contributed by atoms with Crippen molar-refractivity contribution in [3.63, 3.8) is 0 Å². The van der Waals surface area contributed by atoms with Crippen LogP contribution in [-0.2, 0) is 7.05 Å². The number of rotatable bonds is 5. The smallest absolute Gasteiger partial charge is 0.130 e. The molecule has 1 saturated heterocycles. The summed E-state index contributed by atoms with van der Waals surface area (Å²) in [5.74, 6) is 1.67. The van der Waals surface area contributed by atoms with E-state index in [9.17, 15) is 0 Å². The van der Waals surface area contributed by atoms with Crippen molar-refractivity contribution in [3.05, 3.63) is 72.8 Å². The van der Waals surface area contributed by atoms with Gasteiger partial charge in [-0.2, -0.15) is 5.10 Å². The fourth-order valence-electron chi connectivity index (χ4n) is 3.86. The van der Waals surface area contributed by atoms with Gasteiger partial charge >= 0.3 is 0 Å². The van der Waals surface area contributed by atoms with E-state index in [1.54, 1.807) is 6.20 Å². The van der Waals surface area contributed by atoms with Crippen LogP contribution in [0.3, 0.4) is 0 Å². The molecule has 1 aromatic carbocycles. The molecule has 4 heterocycles. The van der Waals surface area contributed by atoms with Crippen LogP contribution in [0.15, 0.2) is 61.6 Å². The number of benzene rings is 1. The fourth-order valence-corrected chi connectivity index (χ4v) is 3.86. The highest BCUT2D eigenvalue weighted by molar-refractivity contribution is 5.90. The zero-order chi connectivity index (χ0) is 21.5. The van der Waals surface area contributed by atoms with E-state index in [-0.39, 0.29) is 6.04 Å². The number of hydrogen-bond donors (Lipinski definition) is 2. The van der Waals surface area contributed by atoms with Crippen LogP contribution in [0, 0.1) is 6.92 Å². The maximum Gasteiger partial charge on any atom is 0.130 e. The third-order valence-electron chi connectivity index (χ3n) is 5.87. The normalized spacial score (nSPS) is 14.0. The maximum atomic E-state index is 5.90. The van der Waals surface area contributed by atoms with E-state index in [0.29, 0.717) is 0 Å². The number of nitrogens with zero attached hydrogens (tertiary/aromatic N) is 5. The van der Waals surface area contributed by atoms with Crippen LogP contribution in [-0.4, -0.2) is 38.9 Å². The lowest BCUT2D eigenvalue weighted by Gasteiger charge is -2.37. The summed E-state index contributed by atoms with van der Waals surface area (Å²) in [6.45, 7) is 7.95. The molecule has 0 amide bonds. The number of anilines is 2. The van der Waals surface area contributed by atoms with Gasteiger partial charge in [-0.25, -0.2) is 9.97 Å². The van der Waals surface area contributed by atoms with E-state index in [1.165, 1.54) is 0 Å². The molecule has 1 aliphatic rings. The van der Waals surface area contributed by atoms with Gasteiger partial charge < -0.3 is 16.0 Å². The van der Waals surface area contributed by atoms with Crippen LogP contribution in [0.25, 0.3) is 27.6 Å². The quantitative estimate of drug-likeness (QED) is 0.522. The molecule has 0 radical (unpaired) electrons. The Morgan fingerprint density at radius 2 is 1.94 bits per heavy atom. The molecule has 7 nitrogen and oxygen atoms in total. The molecule has 0 unspecified atom stereocenters. The molecule has 3 aromatic heterocycles. The van der Waals surface area contributed by atoms with Crippen LogP contribution in [0.4, 0.5) is 11.6 Å². The summed E-state index contributed by atoms with van der Waals surface area (Å²) in [6.07, 6.45) is 5.59. The number of nitrogens with one attached hydrogen (secondary N) is 1. The molecule has 3 N–H and O–H groups in total. The van der Waals surface area contributed by atoms with Gasteiger partial charge in [0.1, 0.15) is 11.6 Å². The Morgan fingerprint density at radius 3 is 2.68 bits per heavy atom. The number of aromatic nitrogens is 4. The predicted molar refractivity (Wildman–Crippen MR) is 126 cm³/mol. The fraction of sp³-hybridized carbons (Fsp3) is 0.208. The third-order valence-corrected chi connectivity index (χ3v) is 5.87. The van der Waals surface area contributed by atoms with Crippen molar-refractivity contribution in [3.8, 4) is 11.1 Å². The summed E-state index contributed by atoms with van der Waals surface area (Å²) >= 11 is 0. The molecular weight excluding hydrogens is 386 g/mol. The topological polar surface area (TPSA) is 84.9 Å². The first-order valence-electron chi connectivity index (χ1n) is 10.3. The summed E-state index contributed by atoms with van der Waals surface area (Å²) in [7, 11) is 1.96. The Bertz CT molecular complexity index is 1280. The molecule has 7 heteroatoms. The second kappa shape index (κ2) is 7.52. The van der Waals surface area contributed by atoms with E-state index in [0.717, 1.165) is 63.6 Å². The average molecular weight is 412 g/mol. The summed E-state index contributed by atoms with van der Waals surface area (Å²) in [6, 6.07) is 12.6. The molecular formula is C24H25N7. The Kier molecular flexibility index (Phi) is 4.67. The van der Waals surface area contributed by atoms with Gasteiger partial charge in [-0.1, -0.05) is 18.7 Å². The zero-order valence-electron chi connectivity index (χ0n) is 17.7. The van der Waals surface area contributed by atoms with Crippen molar-refractivity contribution in [2.75, 3.05) is 23.3 Å². The molecule has 0 saturated carbocycles. The second-order valence-electron chi connectivity index (χ2n) is 8.07. The molecule has 0 spiro atoms. The van der Waals surface area contributed by atoms with Crippen molar-refractivity contribution in [1.82, 2.24) is 19.7 Å². The van der Waals surface area contributed by atoms with Gasteiger partial charge in [-0.05, 0) is 42.1 Å². The van der Waals surface area contributed by atoms with E-state index >= 15 is 0 Å². The van der Waals surface area contributed by atoms with E-state index in [2.05, 4.69) is 57.0 Å². The van der Waals surface area contributed by atoms with Crippen molar-refractivity contribution in [2.24, 2.45) is 12.8 Å². The molecule has 1 fully saturated rings. The maximum absolute atomic E-state index is 5.90. The number of hydrogen-bond acceptors (Lipinski definition) is 6. The summed E-state index contributed by atoms with van der Waals surface area (Å²) < 4.78 is 1.89. The van der Waals surface area contributed by atoms with Crippen LogP contribution < -0.4 is 16.0 Å².